The molecule has 8 heteroatoms. The summed E-state index contributed by atoms with van der Waals surface area (Å²) in [7, 11) is 1.61. The number of benzene rings is 1. The van der Waals surface area contributed by atoms with E-state index >= 15 is 0 Å². The van der Waals surface area contributed by atoms with Crippen LogP contribution in [0.1, 0.15) is 20.3 Å². The molecule has 0 spiro atoms. The van der Waals surface area contributed by atoms with Gasteiger partial charge in [-0.15, -0.1) is 0 Å². The molecular weight excluding hydrogens is 370 g/mol. The molecule has 1 fully saturated rings. The molecule has 2 aromatic heterocycles. The fourth-order valence-corrected chi connectivity index (χ4v) is 4.09. The Hall–Kier alpha value is -3.16. The zero-order valence-electron chi connectivity index (χ0n) is 16.9. The van der Waals surface area contributed by atoms with Crippen molar-refractivity contribution in [1.29, 1.82) is 0 Å². The maximum absolute atomic E-state index is 12.9. The molecule has 29 heavy (non-hydrogen) atoms. The van der Waals surface area contributed by atoms with Crippen molar-refractivity contribution in [1.82, 2.24) is 24.2 Å². The number of likely N-dealkylation sites (tertiary alicyclic amines) is 1. The highest BCUT2D eigenvalue weighted by Gasteiger charge is 2.25. The lowest BCUT2D eigenvalue weighted by atomic mass is 9.92. The van der Waals surface area contributed by atoms with Crippen LogP contribution in [-0.4, -0.2) is 50.3 Å². The Morgan fingerprint density at radius 3 is 2.52 bits per heavy atom. The summed E-state index contributed by atoms with van der Waals surface area (Å²) in [5.74, 6) is 1.64. The molecule has 0 saturated carbocycles. The van der Waals surface area contributed by atoms with Gasteiger partial charge in [-0.25, -0.2) is 9.67 Å². The van der Waals surface area contributed by atoms with Crippen LogP contribution in [0.5, 0.6) is 5.75 Å². The molecule has 3 heterocycles. The van der Waals surface area contributed by atoms with E-state index in [1.165, 1.54) is 17.1 Å². The molecule has 2 unspecified atom stereocenters. The first-order valence-corrected chi connectivity index (χ1v) is 9.81. The molecule has 0 N–H and O–H groups in total. The fourth-order valence-electron chi connectivity index (χ4n) is 4.09. The molecule has 3 aromatic rings. The molecule has 4 rings (SSSR count). The van der Waals surface area contributed by atoms with E-state index in [1.54, 1.807) is 11.8 Å². The maximum Gasteiger partial charge on any atom is 0.264 e. The SMILES string of the molecule is COc1ccc(-n2ncc3c(=O)n(CC(=O)N4CC(C)CC(C)C4)cnc32)cc1. The van der Waals surface area contributed by atoms with Gasteiger partial charge in [0.2, 0.25) is 5.91 Å². The van der Waals surface area contributed by atoms with E-state index in [0.717, 1.165) is 30.9 Å². The van der Waals surface area contributed by atoms with Crippen molar-refractivity contribution in [3.63, 3.8) is 0 Å². The van der Waals surface area contributed by atoms with Gasteiger partial charge in [0, 0.05) is 13.1 Å². The topological polar surface area (TPSA) is 82.2 Å². The van der Waals surface area contributed by atoms with Crippen LogP contribution in [0.15, 0.2) is 41.6 Å². The van der Waals surface area contributed by atoms with Crippen LogP contribution in [0.25, 0.3) is 16.7 Å². The van der Waals surface area contributed by atoms with Crippen LogP contribution in [-0.2, 0) is 11.3 Å². The molecule has 8 nitrogen and oxygen atoms in total. The highest BCUT2D eigenvalue weighted by Crippen LogP contribution is 2.21. The summed E-state index contributed by atoms with van der Waals surface area (Å²) in [6.07, 6.45) is 4.06. The average Bonchev–Trinajstić information content (AvgIpc) is 3.14. The third kappa shape index (κ3) is 3.74. The molecule has 1 saturated heterocycles. The lowest BCUT2D eigenvalue weighted by molar-refractivity contribution is -0.134. The van der Waals surface area contributed by atoms with Gasteiger partial charge >= 0.3 is 0 Å². The summed E-state index contributed by atoms with van der Waals surface area (Å²) in [5, 5.41) is 4.70. The Morgan fingerprint density at radius 2 is 1.86 bits per heavy atom. The second-order valence-corrected chi connectivity index (χ2v) is 7.91. The van der Waals surface area contributed by atoms with Crippen molar-refractivity contribution >= 4 is 16.9 Å². The molecule has 0 radical (unpaired) electrons. The predicted molar refractivity (Wildman–Crippen MR) is 109 cm³/mol. The maximum atomic E-state index is 12.9. The van der Waals surface area contributed by atoms with Gasteiger partial charge < -0.3 is 9.64 Å². The summed E-state index contributed by atoms with van der Waals surface area (Å²) >= 11 is 0. The van der Waals surface area contributed by atoms with E-state index in [9.17, 15) is 9.59 Å². The number of amides is 1. The van der Waals surface area contributed by atoms with E-state index < -0.39 is 0 Å². The molecule has 1 aliphatic rings. The van der Waals surface area contributed by atoms with Crippen molar-refractivity contribution < 1.29 is 9.53 Å². The Morgan fingerprint density at radius 1 is 1.17 bits per heavy atom. The monoisotopic (exact) mass is 395 g/mol. The molecule has 0 bridgehead atoms. The van der Waals surface area contributed by atoms with E-state index in [0.29, 0.717) is 22.9 Å². The van der Waals surface area contributed by atoms with Gasteiger partial charge in [0.05, 0.1) is 19.0 Å². The van der Waals surface area contributed by atoms with Gasteiger partial charge in [0.25, 0.3) is 5.56 Å². The number of hydrogen-bond acceptors (Lipinski definition) is 5. The van der Waals surface area contributed by atoms with Crippen molar-refractivity contribution in [3.8, 4) is 11.4 Å². The molecule has 152 valence electrons. The zero-order chi connectivity index (χ0) is 20.5. The highest BCUT2D eigenvalue weighted by molar-refractivity contribution is 5.78. The van der Waals surface area contributed by atoms with Crippen molar-refractivity contribution in [2.75, 3.05) is 20.2 Å². The highest BCUT2D eigenvalue weighted by atomic mass is 16.5. The van der Waals surface area contributed by atoms with Crippen molar-refractivity contribution in [2.45, 2.75) is 26.8 Å². The van der Waals surface area contributed by atoms with Gasteiger partial charge in [0.15, 0.2) is 5.65 Å². The average molecular weight is 395 g/mol. The van der Waals surface area contributed by atoms with Crippen LogP contribution >= 0.6 is 0 Å². The van der Waals surface area contributed by atoms with Crippen LogP contribution in [0.4, 0.5) is 0 Å². The first kappa shape index (κ1) is 19.2. The fraction of sp³-hybridized carbons (Fsp3) is 0.429. The molecule has 1 aromatic carbocycles. The second-order valence-electron chi connectivity index (χ2n) is 7.91. The number of ether oxygens (including phenoxy) is 1. The number of methoxy groups -OCH3 is 1. The molecule has 1 aliphatic heterocycles. The lowest BCUT2D eigenvalue weighted by Gasteiger charge is -2.35. The minimum absolute atomic E-state index is 0.00503. The minimum Gasteiger partial charge on any atom is -0.497 e. The summed E-state index contributed by atoms with van der Waals surface area (Å²) in [6, 6.07) is 7.34. The number of nitrogens with zero attached hydrogens (tertiary/aromatic N) is 5. The number of carbonyl (C=O) groups excluding carboxylic acids is 1. The van der Waals surface area contributed by atoms with Gasteiger partial charge in [-0.05, 0) is 42.5 Å². The smallest absolute Gasteiger partial charge is 0.264 e. The van der Waals surface area contributed by atoms with E-state index in [4.69, 9.17) is 4.74 Å². The van der Waals surface area contributed by atoms with Gasteiger partial charge in [0.1, 0.15) is 24.0 Å². The number of piperidine rings is 1. The second kappa shape index (κ2) is 7.69. The molecular formula is C21H25N5O3. The largest absolute Gasteiger partial charge is 0.497 e. The van der Waals surface area contributed by atoms with Gasteiger partial charge in [-0.1, -0.05) is 13.8 Å². The Labute approximate surface area is 168 Å². The summed E-state index contributed by atoms with van der Waals surface area (Å²) < 4.78 is 8.15. The van der Waals surface area contributed by atoms with Crippen LogP contribution in [0.3, 0.4) is 0 Å². The van der Waals surface area contributed by atoms with Crippen LogP contribution < -0.4 is 10.3 Å². The number of carbonyl (C=O) groups is 1. The summed E-state index contributed by atoms with van der Waals surface area (Å²) in [6.45, 7) is 5.79. The van der Waals surface area contributed by atoms with Crippen molar-refractivity contribution in [2.24, 2.45) is 11.8 Å². The number of aromatic nitrogens is 4. The predicted octanol–water partition coefficient (Wildman–Crippen LogP) is 2.10. The first-order valence-electron chi connectivity index (χ1n) is 9.81. The lowest BCUT2D eigenvalue weighted by Crippen LogP contribution is -2.44. The standard InChI is InChI=1S/C21H25N5O3/c1-14-8-15(2)11-24(10-14)19(27)12-25-13-22-20-18(21(25)28)9-23-26(20)16-4-6-17(29-3)7-5-16/h4-7,9,13-15H,8,10-12H2,1-3H3. The van der Waals surface area contributed by atoms with E-state index in [2.05, 4.69) is 23.9 Å². The third-order valence-corrected chi connectivity index (χ3v) is 5.40. The number of fused-ring (bicyclic) bond motifs is 1. The van der Waals surface area contributed by atoms with E-state index in [1.807, 2.05) is 29.2 Å². The van der Waals surface area contributed by atoms with Gasteiger partial charge in [-0.2, -0.15) is 5.10 Å². The van der Waals surface area contributed by atoms with Crippen LogP contribution in [0.2, 0.25) is 0 Å². The number of hydrogen-bond donors (Lipinski definition) is 0. The minimum atomic E-state index is -0.263. The Kier molecular flexibility index (Phi) is 5.08. The molecule has 0 aliphatic carbocycles. The first-order chi connectivity index (χ1) is 14.0. The molecule has 2 atom stereocenters. The Balaban J connectivity index is 1.60. The Bertz CT molecular complexity index is 1080. The van der Waals surface area contributed by atoms with E-state index in [-0.39, 0.29) is 18.0 Å². The quantitative estimate of drug-likeness (QED) is 0.676. The molecule has 1 amide bonds. The zero-order valence-corrected chi connectivity index (χ0v) is 16.9. The summed E-state index contributed by atoms with van der Waals surface area (Å²) in [4.78, 5) is 31.9. The normalized spacial score (nSPS) is 19.5. The third-order valence-electron chi connectivity index (χ3n) is 5.40. The number of rotatable bonds is 4. The summed E-state index contributed by atoms with van der Waals surface area (Å²) in [5.41, 5.74) is 0.975. The van der Waals surface area contributed by atoms with Crippen molar-refractivity contribution in [3.05, 3.63) is 47.1 Å². The van der Waals surface area contributed by atoms with Gasteiger partial charge in [-0.3, -0.25) is 14.2 Å². The van der Waals surface area contributed by atoms with Crippen LogP contribution in [0, 0.1) is 11.8 Å².